The van der Waals surface area contributed by atoms with Crippen LogP contribution >= 0.6 is 0 Å². The van der Waals surface area contributed by atoms with Crippen LogP contribution in [0.25, 0.3) is 0 Å². The number of alkyl carbamates (subject to hydrolysis) is 1. The van der Waals surface area contributed by atoms with E-state index in [-0.39, 0.29) is 18.9 Å². The minimum absolute atomic E-state index is 0.0150. The number of aromatic nitrogens is 4. The number of nitrogens with zero attached hydrogens (tertiary/aromatic N) is 3. The first kappa shape index (κ1) is 20.1. The molecule has 1 aliphatic heterocycles. The number of amides is 2. The number of hydrogen-bond donors (Lipinski definition) is 3. The van der Waals surface area contributed by atoms with Crippen molar-refractivity contribution in [3.05, 3.63) is 41.7 Å². The summed E-state index contributed by atoms with van der Waals surface area (Å²) < 4.78 is 5.14. The first-order chi connectivity index (χ1) is 14.0. The summed E-state index contributed by atoms with van der Waals surface area (Å²) in [7, 11) is 0. The van der Waals surface area contributed by atoms with Gasteiger partial charge in [-0.2, -0.15) is 5.21 Å². The van der Waals surface area contributed by atoms with Gasteiger partial charge < -0.3 is 15.4 Å². The van der Waals surface area contributed by atoms with Crippen LogP contribution in [0.1, 0.15) is 36.7 Å². The average Bonchev–Trinajstić information content (AvgIpc) is 3.22. The lowest BCUT2D eigenvalue weighted by atomic mass is 9.91. The van der Waals surface area contributed by atoms with E-state index in [0.717, 1.165) is 5.56 Å². The number of ether oxygens (including phenoxy) is 1. The van der Waals surface area contributed by atoms with E-state index >= 15 is 0 Å². The van der Waals surface area contributed by atoms with Gasteiger partial charge >= 0.3 is 6.09 Å². The van der Waals surface area contributed by atoms with Gasteiger partial charge in [-0.3, -0.25) is 14.4 Å². The lowest BCUT2D eigenvalue weighted by Gasteiger charge is -2.17. The second kappa shape index (κ2) is 9.53. The topological polar surface area (TPSA) is 156 Å². The SMILES string of the molecule is O=C(NC(C(=O)CC1CCCNC(=O)C1=O)c1nn[nH]n1)OCc1ccccc1. The number of hydrogen-bond acceptors (Lipinski definition) is 8. The third-order valence-corrected chi connectivity index (χ3v) is 4.47. The summed E-state index contributed by atoms with van der Waals surface area (Å²) in [4.78, 5) is 48.8. The van der Waals surface area contributed by atoms with Crippen molar-refractivity contribution in [3.63, 3.8) is 0 Å². The Balaban J connectivity index is 1.65. The molecule has 2 unspecified atom stereocenters. The van der Waals surface area contributed by atoms with Crippen LogP contribution in [0.4, 0.5) is 4.79 Å². The van der Waals surface area contributed by atoms with Crippen LogP contribution in [0.2, 0.25) is 0 Å². The van der Waals surface area contributed by atoms with E-state index in [1.165, 1.54) is 0 Å². The monoisotopic (exact) mass is 400 g/mol. The normalized spacial score (nSPS) is 17.7. The highest BCUT2D eigenvalue weighted by Gasteiger charge is 2.34. The minimum atomic E-state index is -1.25. The van der Waals surface area contributed by atoms with Crippen LogP contribution in [-0.4, -0.2) is 50.7 Å². The molecule has 2 atom stereocenters. The molecule has 3 rings (SSSR count). The molecule has 29 heavy (non-hydrogen) atoms. The van der Waals surface area contributed by atoms with Gasteiger partial charge in [-0.15, -0.1) is 10.2 Å². The molecule has 152 valence electrons. The minimum Gasteiger partial charge on any atom is -0.445 e. The number of carbonyl (C=O) groups is 4. The van der Waals surface area contributed by atoms with Crippen LogP contribution in [0.5, 0.6) is 0 Å². The highest BCUT2D eigenvalue weighted by molar-refractivity contribution is 6.37. The van der Waals surface area contributed by atoms with Crippen LogP contribution in [0, 0.1) is 5.92 Å². The lowest BCUT2D eigenvalue weighted by molar-refractivity contribution is -0.140. The smallest absolute Gasteiger partial charge is 0.408 e. The fourth-order valence-electron chi connectivity index (χ4n) is 2.97. The molecule has 1 saturated heterocycles. The van der Waals surface area contributed by atoms with E-state index in [1.807, 2.05) is 18.2 Å². The standard InChI is InChI=1S/C18H20N6O5/c25-13(9-12-7-4-8-19-17(27)15(12)26)14(16-21-23-24-22-16)20-18(28)29-10-11-5-2-1-3-6-11/h1-3,5-6,12,14H,4,7-10H2,(H,19,27)(H,20,28)(H,21,22,23,24). The Morgan fingerprint density at radius 2 is 2.03 bits per heavy atom. The number of Topliss-reactive ketones (excluding diaryl/α,β-unsaturated/α-hetero) is 2. The zero-order valence-corrected chi connectivity index (χ0v) is 15.5. The highest BCUT2D eigenvalue weighted by Crippen LogP contribution is 2.20. The van der Waals surface area contributed by atoms with Crippen molar-refractivity contribution < 1.29 is 23.9 Å². The molecule has 0 saturated carbocycles. The van der Waals surface area contributed by atoms with E-state index in [0.29, 0.717) is 19.4 Å². The number of benzene rings is 1. The molecule has 1 aromatic carbocycles. The fraction of sp³-hybridized carbons (Fsp3) is 0.389. The van der Waals surface area contributed by atoms with Crippen molar-refractivity contribution in [2.24, 2.45) is 5.92 Å². The number of H-pyrrole nitrogens is 1. The number of tetrazole rings is 1. The van der Waals surface area contributed by atoms with E-state index in [9.17, 15) is 19.2 Å². The Labute approximate surface area is 165 Å². The molecule has 0 radical (unpaired) electrons. The van der Waals surface area contributed by atoms with Crippen molar-refractivity contribution in [1.29, 1.82) is 0 Å². The van der Waals surface area contributed by atoms with Crippen molar-refractivity contribution >= 4 is 23.6 Å². The summed E-state index contributed by atoms with van der Waals surface area (Å²) in [6.07, 6.45) is -0.109. The van der Waals surface area contributed by atoms with Gasteiger partial charge in [0.2, 0.25) is 11.6 Å². The van der Waals surface area contributed by atoms with E-state index < -0.39 is 35.5 Å². The Hall–Kier alpha value is -3.63. The number of carbonyl (C=O) groups excluding carboxylic acids is 4. The molecule has 2 heterocycles. The lowest BCUT2D eigenvalue weighted by Crippen LogP contribution is -2.38. The predicted octanol–water partition coefficient (Wildman–Crippen LogP) is 0.222. The molecule has 0 bridgehead atoms. The second-order valence-electron chi connectivity index (χ2n) is 6.54. The molecule has 0 aliphatic carbocycles. The first-order valence-corrected chi connectivity index (χ1v) is 9.10. The highest BCUT2D eigenvalue weighted by atomic mass is 16.5. The molecule has 0 spiro atoms. The number of rotatable bonds is 7. The number of nitrogens with one attached hydrogen (secondary N) is 3. The van der Waals surface area contributed by atoms with E-state index in [4.69, 9.17) is 4.74 Å². The molecular weight excluding hydrogens is 380 g/mol. The summed E-state index contributed by atoms with van der Waals surface area (Å²) in [5.41, 5.74) is 0.778. The molecule has 2 amide bonds. The summed E-state index contributed by atoms with van der Waals surface area (Å²) in [6.45, 7) is 0.398. The van der Waals surface area contributed by atoms with E-state index in [2.05, 4.69) is 31.3 Å². The van der Waals surface area contributed by atoms with Gasteiger partial charge in [0.15, 0.2) is 11.8 Å². The largest absolute Gasteiger partial charge is 0.445 e. The summed E-state index contributed by atoms with van der Waals surface area (Å²) in [5, 5.41) is 18.0. The Morgan fingerprint density at radius 1 is 1.24 bits per heavy atom. The Kier molecular flexibility index (Phi) is 6.61. The van der Waals surface area contributed by atoms with Crippen LogP contribution < -0.4 is 10.6 Å². The summed E-state index contributed by atoms with van der Waals surface area (Å²) >= 11 is 0. The maximum absolute atomic E-state index is 12.8. The van der Waals surface area contributed by atoms with Gasteiger partial charge in [-0.25, -0.2) is 4.79 Å². The van der Waals surface area contributed by atoms with Crippen molar-refractivity contribution in [3.8, 4) is 0 Å². The Morgan fingerprint density at radius 3 is 2.76 bits per heavy atom. The fourth-order valence-corrected chi connectivity index (χ4v) is 2.97. The number of ketones is 2. The molecule has 11 heteroatoms. The summed E-state index contributed by atoms with van der Waals surface area (Å²) in [6, 6.07) is 7.78. The zero-order valence-electron chi connectivity index (χ0n) is 15.5. The zero-order chi connectivity index (χ0) is 20.6. The molecule has 2 aromatic rings. The molecule has 1 fully saturated rings. The maximum atomic E-state index is 12.8. The van der Waals surface area contributed by atoms with Crippen LogP contribution in [0.15, 0.2) is 30.3 Å². The predicted molar refractivity (Wildman–Crippen MR) is 97.0 cm³/mol. The van der Waals surface area contributed by atoms with Crippen LogP contribution in [-0.2, 0) is 25.7 Å². The molecular formula is C18H20N6O5. The van der Waals surface area contributed by atoms with Crippen molar-refractivity contribution in [1.82, 2.24) is 31.3 Å². The van der Waals surface area contributed by atoms with Gasteiger partial charge in [-0.05, 0) is 18.4 Å². The first-order valence-electron chi connectivity index (χ1n) is 9.10. The van der Waals surface area contributed by atoms with Gasteiger partial charge in [-0.1, -0.05) is 35.5 Å². The number of aromatic amines is 1. The molecule has 1 aromatic heterocycles. The van der Waals surface area contributed by atoms with Crippen LogP contribution in [0.3, 0.4) is 0 Å². The third kappa shape index (κ3) is 5.43. The third-order valence-electron chi connectivity index (χ3n) is 4.47. The maximum Gasteiger partial charge on any atom is 0.408 e. The van der Waals surface area contributed by atoms with Crippen molar-refractivity contribution in [2.75, 3.05) is 6.54 Å². The molecule has 1 aliphatic rings. The van der Waals surface area contributed by atoms with Gasteiger partial charge in [0.25, 0.3) is 5.91 Å². The van der Waals surface area contributed by atoms with Gasteiger partial charge in [0.05, 0.1) is 0 Å². The van der Waals surface area contributed by atoms with Gasteiger partial charge in [0, 0.05) is 18.9 Å². The van der Waals surface area contributed by atoms with E-state index in [1.54, 1.807) is 12.1 Å². The molecule has 3 N–H and O–H groups in total. The van der Waals surface area contributed by atoms with Gasteiger partial charge in [0.1, 0.15) is 6.61 Å². The second-order valence-corrected chi connectivity index (χ2v) is 6.54. The average molecular weight is 400 g/mol. The summed E-state index contributed by atoms with van der Waals surface area (Å²) in [5.74, 6) is -2.68. The quantitative estimate of drug-likeness (QED) is 0.557. The molecule has 11 nitrogen and oxygen atoms in total. The Bertz CT molecular complexity index is 870. The van der Waals surface area contributed by atoms with Crippen molar-refractivity contribution in [2.45, 2.75) is 31.9 Å².